The van der Waals surface area contributed by atoms with E-state index in [2.05, 4.69) is 76.5 Å². The zero-order chi connectivity index (χ0) is 9.80. The lowest BCUT2D eigenvalue weighted by molar-refractivity contribution is 1.61. The highest BCUT2D eigenvalue weighted by atomic mass is 127. The Morgan fingerprint density at radius 2 is 1.79 bits per heavy atom. The highest BCUT2D eigenvalue weighted by molar-refractivity contribution is 14.1. The first-order chi connectivity index (χ1) is 6.84. The largest absolute Gasteiger partial charge is 0.144 e. The van der Waals surface area contributed by atoms with Crippen molar-refractivity contribution in [1.29, 1.82) is 0 Å². The normalized spacial score (nSPS) is 10.9. The SMILES string of the molecule is Ic1ccc(/C=C/c2cccs2)cc1. The fourth-order valence-corrected chi connectivity index (χ4v) is 2.12. The maximum Gasteiger partial charge on any atom is 0.0270 e. The van der Waals surface area contributed by atoms with Crippen molar-refractivity contribution in [2.24, 2.45) is 0 Å². The van der Waals surface area contributed by atoms with Crippen LogP contribution in [-0.4, -0.2) is 0 Å². The Morgan fingerprint density at radius 3 is 2.43 bits per heavy atom. The molecule has 2 aromatic rings. The van der Waals surface area contributed by atoms with Gasteiger partial charge in [0, 0.05) is 8.45 Å². The Labute approximate surface area is 101 Å². The molecule has 0 radical (unpaired) electrons. The van der Waals surface area contributed by atoms with Crippen LogP contribution in [0, 0.1) is 3.57 Å². The van der Waals surface area contributed by atoms with Crippen LogP contribution in [0.3, 0.4) is 0 Å². The summed E-state index contributed by atoms with van der Waals surface area (Å²) >= 11 is 4.07. The summed E-state index contributed by atoms with van der Waals surface area (Å²) in [7, 11) is 0. The molecular formula is C12H9IS. The molecule has 0 N–H and O–H groups in total. The standard InChI is InChI=1S/C12H9IS/c13-11-6-3-10(4-7-11)5-8-12-2-1-9-14-12/h1-9H/b8-5+. The second kappa shape index (κ2) is 4.75. The van der Waals surface area contributed by atoms with Crippen LogP contribution in [0.15, 0.2) is 41.8 Å². The van der Waals surface area contributed by atoms with Gasteiger partial charge < -0.3 is 0 Å². The summed E-state index contributed by atoms with van der Waals surface area (Å²) in [5.74, 6) is 0. The minimum atomic E-state index is 1.25. The van der Waals surface area contributed by atoms with Gasteiger partial charge in [-0.3, -0.25) is 0 Å². The molecule has 0 fully saturated rings. The van der Waals surface area contributed by atoms with E-state index in [1.54, 1.807) is 11.3 Å². The first-order valence-electron chi connectivity index (χ1n) is 4.32. The fraction of sp³-hybridized carbons (Fsp3) is 0. The Hall–Kier alpha value is -0.610. The van der Waals surface area contributed by atoms with Gasteiger partial charge in [0.2, 0.25) is 0 Å². The molecule has 0 unspecified atom stereocenters. The molecule has 0 bridgehead atoms. The van der Waals surface area contributed by atoms with Crippen LogP contribution in [0.2, 0.25) is 0 Å². The Balaban J connectivity index is 2.15. The van der Waals surface area contributed by atoms with Crippen molar-refractivity contribution in [1.82, 2.24) is 0 Å². The van der Waals surface area contributed by atoms with Crippen molar-refractivity contribution in [3.05, 3.63) is 55.8 Å². The highest BCUT2D eigenvalue weighted by Gasteiger charge is 1.88. The van der Waals surface area contributed by atoms with Crippen LogP contribution in [0.4, 0.5) is 0 Å². The summed E-state index contributed by atoms with van der Waals surface area (Å²) in [5.41, 5.74) is 1.25. The van der Waals surface area contributed by atoms with Gasteiger partial charge >= 0.3 is 0 Å². The Kier molecular flexibility index (Phi) is 3.37. The molecule has 0 nitrogen and oxygen atoms in total. The predicted octanol–water partition coefficient (Wildman–Crippen LogP) is 4.52. The summed E-state index contributed by atoms with van der Waals surface area (Å²) in [6, 6.07) is 12.7. The molecule has 0 saturated heterocycles. The van der Waals surface area contributed by atoms with E-state index in [4.69, 9.17) is 0 Å². The first kappa shape index (κ1) is 9.93. The fourth-order valence-electron chi connectivity index (χ4n) is 1.14. The number of rotatable bonds is 2. The van der Waals surface area contributed by atoms with Crippen LogP contribution in [0.25, 0.3) is 12.2 Å². The Bertz CT molecular complexity index is 412. The number of benzene rings is 1. The molecule has 2 heteroatoms. The number of hydrogen-bond donors (Lipinski definition) is 0. The molecule has 70 valence electrons. The molecule has 0 spiro atoms. The minimum absolute atomic E-state index is 1.25. The van der Waals surface area contributed by atoms with Crippen molar-refractivity contribution >= 4 is 46.1 Å². The molecule has 0 atom stereocenters. The van der Waals surface area contributed by atoms with Gasteiger partial charge in [-0.2, -0.15) is 0 Å². The van der Waals surface area contributed by atoms with Crippen LogP contribution >= 0.6 is 33.9 Å². The van der Waals surface area contributed by atoms with E-state index in [-0.39, 0.29) is 0 Å². The van der Waals surface area contributed by atoms with E-state index in [1.165, 1.54) is 14.0 Å². The zero-order valence-corrected chi connectivity index (χ0v) is 10.5. The molecular weight excluding hydrogens is 303 g/mol. The van der Waals surface area contributed by atoms with Crippen LogP contribution in [0.1, 0.15) is 10.4 Å². The zero-order valence-electron chi connectivity index (χ0n) is 7.48. The summed E-state index contributed by atoms with van der Waals surface area (Å²) < 4.78 is 1.27. The highest BCUT2D eigenvalue weighted by Crippen LogP contribution is 2.14. The van der Waals surface area contributed by atoms with Gasteiger partial charge in [0.15, 0.2) is 0 Å². The van der Waals surface area contributed by atoms with Gasteiger partial charge in [-0.25, -0.2) is 0 Å². The molecule has 1 aromatic heterocycles. The lowest BCUT2D eigenvalue weighted by Gasteiger charge is -1.92. The number of halogens is 1. The van der Waals surface area contributed by atoms with Crippen molar-refractivity contribution in [3.63, 3.8) is 0 Å². The van der Waals surface area contributed by atoms with Crippen molar-refractivity contribution in [3.8, 4) is 0 Å². The van der Waals surface area contributed by atoms with E-state index in [0.29, 0.717) is 0 Å². The molecule has 14 heavy (non-hydrogen) atoms. The second-order valence-corrected chi connectivity index (χ2v) is 5.13. The quantitative estimate of drug-likeness (QED) is 0.715. The summed E-state index contributed by atoms with van der Waals surface area (Å²) in [5, 5.41) is 2.09. The van der Waals surface area contributed by atoms with Gasteiger partial charge in [-0.1, -0.05) is 24.3 Å². The monoisotopic (exact) mass is 312 g/mol. The molecule has 0 saturated carbocycles. The smallest absolute Gasteiger partial charge is 0.0270 e. The third-order valence-corrected chi connectivity index (χ3v) is 3.41. The maximum absolute atomic E-state index is 2.31. The molecule has 2 rings (SSSR count). The minimum Gasteiger partial charge on any atom is -0.144 e. The van der Waals surface area contributed by atoms with Crippen molar-refractivity contribution in [2.45, 2.75) is 0 Å². The van der Waals surface area contributed by atoms with Crippen LogP contribution in [0.5, 0.6) is 0 Å². The lowest BCUT2D eigenvalue weighted by Crippen LogP contribution is -1.72. The third-order valence-electron chi connectivity index (χ3n) is 1.85. The maximum atomic E-state index is 2.31. The van der Waals surface area contributed by atoms with E-state index < -0.39 is 0 Å². The molecule has 0 aliphatic carbocycles. The molecule has 0 aliphatic heterocycles. The van der Waals surface area contributed by atoms with Gasteiger partial charge in [0.05, 0.1) is 0 Å². The average molecular weight is 312 g/mol. The molecule has 0 amide bonds. The lowest BCUT2D eigenvalue weighted by atomic mass is 10.2. The van der Waals surface area contributed by atoms with Gasteiger partial charge in [-0.05, 0) is 57.8 Å². The first-order valence-corrected chi connectivity index (χ1v) is 6.27. The number of thiophene rings is 1. The third kappa shape index (κ3) is 2.69. The van der Waals surface area contributed by atoms with E-state index >= 15 is 0 Å². The van der Waals surface area contributed by atoms with Gasteiger partial charge in [0.1, 0.15) is 0 Å². The van der Waals surface area contributed by atoms with Crippen molar-refractivity contribution in [2.75, 3.05) is 0 Å². The summed E-state index contributed by atoms with van der Waals surface area (Å²) in [6.07, 6.45) is 4.29. The van der Waals surface area contributed by atoms with Crippen LogP contribution in [-0.2, 0) is 0 Å². The average Bonchev–Trinajstić information content (AvgIpc) is 2.70. The van der Waals surface area contributed by atoms with Crippen molar-refractivity contribution < 1.29 is 0 Å². The predicted molar refractivity (Wildman–Crippen MR) is 72.4 cm³/mol. The number of hydrogen-bond acceptors (Lipinski definition) is 1. The molecule has 1 aromatic carbocycles. The van der Waals surface area contributed by atoms with Gasteiger partial charge in [-0.15, -0.1) is 11.3 Å². The van der Waals surface area contributed by atoms with E-state index in [9.17, 15) is 0 Å². The molecule has 1 heterocycles. The van der Waals surface area contributed by atoms with E-state index in [1.807, 2.05) is 0 Å². The van der Waals surface area contributed by atoms with Gasteiger partial charge in [0.25, 0.3) is 0 Å². The molecule has 0 aliphatic rings. The topological polar surface area (TPSA) is 0 Å². The van der Waals surface area contributed by atoms with E-state index in [0.717, 1.165) is 0 Å². The second-order valence-electron chi connectivity index (χ2n) is 2.90. The van der Waals surface area contributed by atoms with Crippen LogP contribution < -0.4 is 0 Å². The summed E-state index contributed by atoms with van der Waals surface area (Å²) in [6.45, 7) is 0. The Morgan fingerprint density at radius 1 is 1.00 bits per heavy atom. The summed E-state index contributed by atoms with van der Waals surface area (Å²) in [4.78, 5) is 1.29.